The Morgan fingerprint density at radius 2 is 1.78 bits per heavy atom. The van der Waals surface area contributed by atoms with Crippen LogP contribution < -0.4 is 0 Å². The van der Waals surface area contributed by atoms with Crippen molar-refractivity contribution in [2.24, 2.45) is 0 Å². The average molecular weight is 412 g/mol. The Morgan fingerprint density at radius 1 is 1.11 bits per heavy atom. The number of nitrogens with one attached hydrogen (secondary N) is 1. The first-order valence-electron chi connectivity index (χ1n) is 8.23. The van der Waals surface area contributed by atoms with Crippen LogP contribution in [-0.2, 0) is 9.47 Å². The van der Waals surface area contributed by atoms with E-state index >= 15 is 0 Å². The maximum atomic E-state index is 12.7. The third kappa shape index (κ3) is 4.51. The van der Waals surface area contributed by atoms with Crippen LogP contribution in [0.5, 0.6) is 0 Å². The van der Waals surface area contributed by atoms with E-state index in [9.17, 15) is 14.4 Å². The molecule has 1 heterocycles. The number of H-pyrrole nitrogens is 1. The number of benzene rings is 1. The molecule has 0 radical (unpaired) electrons. The van der Waals surface area contributed by atoms with Crippen LogP contribution in [0.25, 0.3) is 0 Å². The number of aromatic nitrogens is 1. The molecule has 2 rings (SSSR count). The normalized spacial score (nSPS) is 11.8. The fourth-order valence-corrected chi connectivity index (χ4v) is 2.91. The highest BCUT2D eigenvalue weighted by Gasteiger charge is 2.27. The van der Waals surface area contributed by atoms with Crippen LogP contribution in [0.3, 0.4) is 0 Å². The second-order valence-corrected chi connectivity index (χ2v) is 6.70. The van der Waals surface area contributed by atoms with Crippen molar-refractivity contribution in [3.63, 3.8) is 0 Å². The smallest absolute Gasteiger partial charge is 0.340 e. The van der Waals surface area contributed by atoms with E-state index in [1.165, 1.54) is 25.1 Å². The molecule has 6 nitrogen and oxygen atoms in total. The number of carbonyl (C=O) groups excluding carboxylic acids is 3. The molecule has 27 heavy (non-hydrogen) atoms. The maximum absolute atomic E-state index is 12.7. The maximum Gasteiger partial charge on any atom is 0.340 e. The molecule has 0 saturated heterocycles. The van der Waals surface area contributed by atoms with Crippen molar-refractivity contribution in [2.45, 2.75) is 33.8 Å². The summed E-state index contributed by atoms with van der Waals surface area (Å²) in [6.45, 7) is 6.69. The molecule has 1 atom stereocenters. The van der Waals surface area contributed by atoms with E-state index in [1.807, 2.05) is 0 Å². The van der Waals surface area contributed by atoms with Crippen molar-refractivity contribution >= 4 is 40.9 Å². The third-order valence-corrected chi connectivity index (χ3v) is 4.71. The zero-order valence-electron chi connectivity index (χ0n) is 15.3. The van der Waals surface area contributed by atoms with E-state index < -0.39 is 23.8 Å². The molecule has 0 unspecified atom stereocenters. The lowest BCUT2D eigenvalue weighted by atomic mass is 10.1. The Bertz CT molecular complexity index is 904. The van der Waals surface area contributed by atoms with Gasteiger partial charge in [-0.3, -0.25) is 4.79 Å². The fraction of sp³-hybridized carbons (Fsp3) is 0.316. The summed E-state index contributed by atoms with van der Waals surface area (Å²) >= 11 is 11.7. The number of Topliss-reactive ketones (excluding diaryl/α,β-unsaturated/α-hetero) is 1. The highest BCUT2D eigenvalue weighted by molar-refractivity contribution is 6.42. The van der Waals surface area contributed by atoms with E-state index in [1.54, 1.807) is 20.8 Å². The van der Waals surface area contributed by atoms with Crippen molar-refractivity contribution in [1.82, 2.24) is 4.98 Å². The Balaban J connectivity index is 2.20. The Hall–Kier alpha value is -2.31. The quantitative estimate of drug-likeness (QED) is 0.556. The van der Waals surface area contributed by atoms with Crippen LogP contribution in [0.1, 0.15) is 56.3 Å². The number of hydrogen-bond acceptors (Lipinski definition) is 5. The summed E-state index contributed by atoms with van der Waals surface area (Å²) in [6.07, 6.45) is -1.07. The summed E-state index contributed by atoms with van der Waals surface area (Å²) < 4.78 is 10.2. The lowest BCUT2D eigenvalue weighted by Crippen LogP contribution is -2.25. The van der Waals surface area contributed by atoms with Crippen LogP contribution >= 0.6 is 23.2 Å². The van der Waals surface area contributed by atoms with Crippen molar-refractivity contribution < 1.29 is 23.9 Å². The molecule has 0 amide bonds. The van der Waals surface area contributed by atoms with Crippen LogP contribution in [0.2, 0.25) is 10.0 Å². The van der Waals surface area contributed by atoms with Gasteiger partial charge in [0.2, 0.25) is 5.78 Å². The van der Waals surface area contributed by atoms with Crippen LogP contribution in [0, 0.1) is 13.8 Å². The molecular weight excluding hydrogens is 393 g/mol. The number of carbonyl (C=O) groups is 3. The minimum atomic E-state index is -1.07. The molecule has 0 aliphatic heterocycles. The van der Waals surface area contributed by atoms with Crippen molar-refractivity contribution in [1.29, 1.82) is 0 Å². The van der Waals surface area contributed by atoms with E-state index in [4.69, 9.17) is 32.7 Å². The van der Waals surface area contributed by atoms with Crippen molar-refractivity contribution in [2.75, 3.05) is 6.61 Å². The van der Waals surface area contributed by atoms with E-state index in [-0.39, 0.29) is 22.9 Å². The molecular formula is C19H19Cl2NO5. The Labute approximate surface area is 166 Å². The van der Waals surface area contributed by atoms with E-state index in [0.717, 1.165) is 0 Å². The number of hydrogen-bond donors (Lipinski definition) is 1. The molecule has 8 heteroatoms. The first-order chi connectivity index (χ1) is 12.7. The molecule has 1 aromatic heterocycles. The SMILES string of the molecule is CCOC(=O)c1c(C)[nH]c(C(=O)[C@@H](C)OC(=O)c2ccc(Cl)c(Cl)c2)c1C. The average Bonchev–Trinajstić information content (AvgIpc) is 2.91. The molecule has 0 aliphatic carbocycles. The lowest BCUT2D eigenvalue weighted by Gasteiger charge is -2.12. The Kier molecular flexibility index (Phi) is 6.68. The highest BCUT2D eigenvalue weighted by atomic mass is 35.5. The number of ketones is 1. The molecule has 2 aromatic rings. The van der Waals surface area contributed by atoms with Gasteiger partial charge in [-0.1, -0.05) is 23.2 Å². The topological polar surface area (TPSA) is 85.5 Å². The van der Waals surface area contributed by atoms with E-state index in [0.29, 0.717) is 21.8 Å². The van der Waals surface area contributed by atoms with Gasteiger partial charge in [-0.15, -0.1) is 0 Å². The van der Waals surface area contributed by atoms with Crippen molar-refractivity contribution in [3.05, 3.63) is 56.3 Å². The zero-order chi connectivity index (χ0) is 20.3. The van der Waals surface area contributed by atoms with Gasteiger partial charge in [-0.25, -0.2) is 9.59 Å². The predicted molar refractivity (Wildman–Crippen MR) is 102 cm³/mol. The summed E-state index contributed by atoms with van der Waals surface area (Å²) in [5, 5.41) is 0.515. The lowest BCUT2D eigenvalue weighted by molar-refractivity contribution is 0.0316. The first kappa shape index (κ1) is 21.0. The summed E-state index contributed by atoms with van der Waals surface area (Å²) in [4.78, 5) is 39.9. The molecule has 144 valence electrons. The minimum absolute atomic E-state index is 0.177. The molecule has 0 spiro atoms. The molecule has 0 aliphatic rings. The van der Waals surface area contributed by atoms with Gasteiger partial charge < -0.3 is 14.5 Å². The number of ether oxygens (including phenoxy) is 2. The monoisotopic (exact) mass is 411 g/mol. The first-order valence-corrected chi connectivity index (χ1v) is 8.99. The molecule has 0 saturated carbocycles. The van der Waals surface area contributed by atoms with Gasteiger partial charge in [0, 0.05) is 5.69 Å². The highest BCUT2D eigenvalue weighted by Crippen LogP contribution is 2.24. The van der Waals surface area contributed by atoms with Crippen molar-refractivity contribution in [3.8, 4) is 0 Å². The number of halogens is 2. The summed E-state index contributed by atoms with van der Waals surface area (Å²) in [7, 11) is 0. The van der Waals surface area contributed by atoms with Gasteiger partial charge in [0.1, 0.15) is 0 Å². The second-order valence-electron chi connectivity index (χ2n) is 5.89. The second kappa shape index (κ2) is 8.59. The Morgan fingerprint density at radius 3 is 2.37 bits per heavy atom. The number of aryl methyl sites for hydroxylation is 1. The van der Waals surface area contributed by atoms with Gasteiger partial charge in [0.05, 0.1) is 33.5 Å². The summed E-state index contributed by atoms with van der Waals surface area (Å²) in [5.41, 5.74) is 1.65. The minimum Gasteiger partial charge on any atom is -0.462 e. The third-order valence-electron chi connectivity index (χ3n) is 3.97. The van der Waals surface area contributed by atoms with Crippen LogP contribution in [0.15, 0.2) is 18.2 Å². The largest absolute Gasteiger partial charge is 0.462 e. The standard InChI is InChI=1S/C19H19Cl2NO5/c1-5-26-19(25)15-9(2)16(22-10(15)3)17(23)11(4)27-18(24)12-6-7-13(20)14(21)8-12/h6-8,11,22H,5H2,1-4H3/t11-/m1/s1. The van der Waals surface area contributed by atoms with Gasteiger partial charge in [0.25, 0.3) is 0 Å². The fourth-order valence-electron chi connectivity index (χ4n) is 2.61. The number of rotatable bonds is 6. The molecule has 0 bridgehead atoms. The number of esters is 2. The van der Waals surface area contributed by atoms with Gasteiger partial charge in [-0.05, 0) is 51.5 Å². The molecule has 1 N–H and O–H groups in total. The summed E-state index contributed by atoms with van der Waals surface area (Å²) in [6, 6.07) is 4.29. The van der Waals surface area contributed by atoms with Gasteiger partial charge in [0.15, 0.2) is 6.10 Å². The van der Waals surface area contributed by atoms with E-state index in [2.05, 4.69) is 4.98 Å². The molecule has 0 fully saturated rings. The van der Waals surface area contributed by atoms with Gasteiger partial charge >= 0.3 is 11.9 Å². The number of aromatic amines is 1. The summed E-state index contributed by atoms with van der Waals surface area (Å²) in [5.74, 6) is -1.68. The van der Waals surface area contributed by atoms with Gasteiger partial charge in [-0.2, -0.15) is 0 Å². The van der Waals surface area contributed by atoms with Crippen LogP contribution in [0.4, 0.5) is 0 Å². The zero-order valence-corrected chi connectivity index (χ0v) is 16.8. The predicted octanol–water partition coefficient (Wildman–Crippen LogP) is 4.54. The van der Waals surface area contributed by atoms with Crippen LogP contribution in [-0.4, -0.2) is 35.4 Å². The molecule has 1 aromatic carbocycles.